The minimum absolute atomic E-state index is 0.0356. The lowest BCUT2D eigenvalue weighted by atomic mass is 10.1. The van der Waals surface area contributed by atoms with Crippen molar-refractivity contribution in [2.24, 2.45) is 5.73 Å². The minimum atomic E-state index is -3.19. The van der Waals surface area contributed by atoms with E-state index in [0.717, 1.165) is 0 Å². The third-order valence-electron chi connectivity index (χ3n) is 2.12. The van der Waals surface area contributed by atoms with E-state index in [4.69, 9.17) is 17.3 Å². The van der Waals surface area contributed by atoms with Crippen molar-refractivity contribution in [2.45, 2.75) is 10.9 Å². The van der Waals surface area contributed by atoms with Crippen LogP contribution >= 0.6 is 11.6 Å². The molecule has 2 rings (SSSR count). The van der Waals surface area contributed by atoms with E-state index < -0.39 is 15.9 Å². The Labute approximate surface area is 81.4 Å². The van der Waals surface area contributed by atoms with Crippen LogP contribution in [0.25, 0.3) is 0 Å². The van der Waals surface area contributed by atoms with Crippen LogP contribution in [0.2, 0.25) is 5.02 Å². The Morgan fingerprint density at radius 1 is 1.46 bits per heavy atom. The predicted octanol–water partition coefficient (Wildman–Crippen LogP) is 1.13. The molecule has 0 saturated carbocycles. The molecule has 3 nitrogen and oxygen atoms in total. The second-order valence-electron chi connectivity index (χ2n) is 3.04. The van der Waals surface area contributed by atoms with Gasteiger partial charge in [-0.05, 0) is 12.1 Å². The molecule has 0 amide bonds. The topological polar surface area (TPSA) is 60.2 Å². The van der Waals surface area contributed by atoms with Crippen molar-refractivity contribution in [3.63, 3.8) is 0 Å². The van der Waals surface area contributed by atoms with Crippen molar-refractivity contribution < 1.29 is 8.42 Å². The summed E-state index contributed by atoms with van der Waals surface area (Å²) in [7, 11) is -3.19. The van der Waals surface area contributed by atoms with Crippen LogP contribution in [0.1, 0.15) is 11.6 Å². The number of rotatable bonds is 0. The third kappa shape index (κ3) is 1.25. The molecule has 1 heterocycles. The second kappa shape index (κ2) is 2.70. The summed E-state index contributed by atoms with van der Waals surface area (Å²) in [4.78, 5) is 0.285. The van der Waals surface area contributed by atoms with Crippen molar-refractivity contribution in [1.29, 1.82) is 0 Å². The lowest BCUT2D eigenvalue weighted by Gasteiger charge is -2.03. The first-order chi connectivity index (χ1) is 6.02. The van der Waals surface area contributed by atoms with Gasteiger partial charge >= 0.3 is 0 Å². The van der Waals surface area contributed by atoms with Crippen LogP contribution in [0.5, 0.6) is 0 Å². The maximum Gasteiger partial charge on any atom is 0.180 e. The molecule has 1 aromatic carbocycles. The number of hydrogen-bond donors (Lipinski definition) is 1. The first-order valence-corrected chi connectivity index (χ1v) is 5.82. The predicted molar refractivity (Wildman–Crippen MR) is 50.4 cm³/mol. The molecule has 0 fully saturated rings. The van der Waals surface area contributed by atoms with Crippen molar-refractivity contribution in [2.75, 3.05) is 5.75 Å². The van der Waals surface area contributed by atoms with E-state index in [-0.39, 0.29) is 10.6 Å². The van der Waals surface area contributed by atoms with Crippen LogP contribution in [0.4, 0.5) is 0 Å². The van der Waals surface area contributed by atoms with Crippen molar-refractivity contribution in [3.8, 4) is 0 Å². The van der Waals surface area contributed by atoms with Gasteiger partial charge in [-0.2, -0.15) is 0 Å². The normalized spacial score (nSPS) is 24.3. The molecule has 5 heteroatoms. The molecule has 0 aliphatic carbocycles. The highest BCUT2D eigenvalue weighted by Crippen LogP contribution is 2.36. The summed E-state index contributed by atoms with van der Waals surface area (Å²) in [6.07, 6.45) is 0. The first-order valence-electron chi connectivity index (χ1n) is 3.79. The van der Waals surface area contributed by atoms with Crippen LogP contribution in [0, 0.1) is 0 Å². The quantitative estimate of drug-likeness (QED) is 0.709. The average Bonchev–Trinajstić information content (AvgIpc) is 2.24. The van der Waals surface area contributed by atoms with Gasteiger partial charge in [0.1, 0.15) is 0 Å². The van der Waals surface area contributed by atoms with Gasteiger partial charge in [0.25, 0.3) is 0 Å². The van der Waals surface area contributed by atoms with E-state index in [2.05, 4.69) is 0 Å². The Kier molecular flexibility index (Phi) is 1.87. The summed E-state index contributed by atoms with van der Waals surface area (Å²) in [5.74, 6) is -0.0356. The van der Waals surface area contributed by atoms with Gasteiger partial charge in [-0.1, -0.05) is 17.7 Å². The van der Waals surface area contributed by atoms with Gasteiger partial charge in [-0.25, -0.2) is 8.42 Å². The van der Waals surface area contributed by atoms with Crippen LogP contribution in [0.15, 0.2) is 23.1 Å². The second-order valence-corrected chi connectivity index (χ2v) is 5.45. The molecule has 1 unspecified atom stereocenters. The Hall–Kier alpha value is -0.580. The summed E-state index contributed by atoms with van der Waals surface area (Å²) < 4.78 is 23.0. The summed E-state index contributed by atoms with van der Waals surface area (Å²) in [5.41, 5.74) is 6.22. The zero-order chi connectivity index (χ0) is 9.64. The highest BCUT2D eigenvalue weighted by Gasteiger charge is 2.33. The Balaban J connectivity index is 2.80. The van der Waals surface area contributed by atoms with E-state index in [9.17, 15) is 8.42 Å². The lowest BCUT2D eigenvalue weighted by molar-refractivity contribution is 0.598. The molecule has 13 heavy (non-hydrogen) atoms. The van der Waals surface area contributed by atoms with Crippen LogP contribution in [-0.4, -0.2) is 14.2 Å². The highest BCUT2D eigenvalue weighted by molar-refractivity contribution is 7.91. The first kappa shape index (κ1) is 8.99. The molecule has 0 spiro atoms. The fourth-order valence-electron chi connectivity index (χ4n) is 1.56. The number of sulfone groups is 1. The third-order valence-corrected chi connectivity index (χ3v) is 4.27. The van der Waals surface area contributed by atoms with E-state index in [0.29, 0.717) is 10.6 Å². The van der Waals surface area contributed by atoms with Gasteiger partial charge in [-0.3, -0.25) is 0 Å². The van der Waals surface area contributed by atoms with E-state index in [1.165, 1.54) is 0 Å². The summed E-state index contributed by atoms with van der Waals surface area (Å²) in [6, 6.07) is 4.34. The maximum atomic E-state index is 11.5. The molecule has 2 N–H and O–H groups in total. The molecular formula is C8H8ClNO2S. The number of benzene rings is 1. The number of nitrogens with two attached hydrogens (primary N) is 1. The summed E-state index contributed by atoms with van der Waals surface area (Å²) in [6.45, 7) is 0. The van der Waals surface area contributed by atoms with Crippen LogP contribution < -0.4 is 5.73 Å². The molecule has 1 aliphatic rings. The van der Waals surface area contributed by atoms with Gasteiger partial charge in [0.2, 0.25) is 0 Å². The average molecular weight is 218 g/mol. The molecule has 1 atom stereocenters. The maximum absolute atomic E-state index is 11.5. The minimum Gasteiger partial charge on any atom is -0.323 e. The van der Waals surface area contributed by atoms with Gasteiger partial charge in [0, 0.05) is 16.6 Å². The molecule has 1 aromatic rings. The van der Waals surface area contributed by atoms with Crippen LogP contribution in [0.3, 0.4) is 0 Å². The van der Waals surface area contributed by atoms with Gasteiger partial charge in [-0.15, -0.1) is 0 Å². The fourth-order valence-corrected chi connectivity index (χ4v) is 3.63. The SMILES string of the molecule is NC1CS(=O)(=O)c2cccc(Cl)c21. The molecule has 70 valence electrons. The van der Waals surface area contributed by atoms with Crippen molar-refractivity contribution in [3.05, 3.63) is 28.8 Å². The summed E-state index contributed by atoms with van der Waals surface area (Å²) in [5, 5.41) is 0.436. The Morgan fingerprint density at radius 3 is 2.77 bits per heavy atom. The molecule has 0 aromatic heterocycles. The van der Waals surface area contributed by atoms with Gasteiger partial charge in [0.15, 0.2) is 9.84 Å². The van der Waals surface area contributed by atoms with E-state index >= 15 is 0 Å². The van der Waals surface area contributed by atoms with E-state index in [1.54, 1.807) is 18.2 Å². The standard InChI is InChI=1S/C8H8ClNO2S/c9-5-2-1-3-7-8(5)6(10)4-13(7,11)12/h1-3,6H,4,10H2. The molecule has 0 saturated heterocycles. The Morgan fingerprint density at radius 2 is 2.15 bits per heavy atom. The van der Waals surface area contributed by atoms with Gasteiger partial charge in [0.05, 0.1) is 10.6 Å². The molecule has 0 radical (unpaired) electrons. The fraction of sp³-hybridized carbons (Fsp3) is 0.250. The molecular weight excluding hydrogens is 210 g/mol. The van der Waals surface area contributed by atoms with Gasteiger partial charge < -0.3 is 5.73 Å². The number of hydrogen-bond acceptors (Lipinski definition) is 3. The monoisotopic (exact) mass is 217 g/mol. The lowest BCUT2D eigenvalue weighted by Crippen LogP contribution is -2.12. The zero-order valence-electron chi connectivity index (χ0n) is 6.70. The summed E-state index contributed by atoms with van der Waals surface area (Å²) >= 11 is 5.85. The molecule has 1 aliphatic heterocycles. The molecule has 0 bridgehead atoms. The smallest absolute Gasteiger partial charge is 0.180 e. The largest absolute Gasteiger partial charge is 0.323 e. The Bertz CT molecular complexity index is 455. The van der Waals surface area contributed by atoms with Crippen molar-refractivity contribution in [1.82, 2.24) is 0 Å². The zero-order valence-corrected chi connectivity index (χ0v) is 8.27. The van der Waals surface area contributed by atoms with Crippen LogP contribution in [-0.2, 0) is 9.84 Å². The number of halogens is 1. The van der Waals surface area contributed by atoms with E-state index in [1.807, 2.05) is 0 Å². The highest BCUT2D eigenvalue weighted by atomic mass is 35.5. The van der Waals surface area contributed by atoms with Crippen molar-refractivity contribution >= 4 is 21.4 Å². The number of fused-ring (bicyclic) bond motifs is 1.